The average Bonchev–Trinajstić information content (AvgIpc) is 2.93. The molecule has 20 heavy (non-hydrogen) atoms. The summed E-state index contributed by atoms with van der Waals surface area (Å²) < 4.78 is 1.94. The Morgan fingerprint density at radius 2 is 2.30 bits per heavy atom. The molecule has 0 saturated carbocycles. The number of nitrogens with zero attached hydrogens (tertiary/aromatic N) is 3. The maximum absolute atomic E-state index is 4.15. The summed E-state index contributed by atoms with van der Waals surface area (Å²) in [6, 6.07) is 8.38. The molecule has 0 spiro atoms. The summed E-state index contributed by atoms with van der Waals surface area (Å²) in [6.07, 6.45) is 9.99. The zero-order valence-electron chi connectivity index (χ0n) is 11.8. The SMILES string of the molecule is Cn1cnnc1-c1cccc(NCC2CC=CCC2)c1. The van der Waals surface area contributed by atoms with Crippen molar-refractivity contribution in [3.05, 3.63) is 42.7 Å². The Bertz CT molecular complexity index is 600. The van der Waals surface area contributed by atoms with E-state index in [9.17, 15) is 0 Å². The Kier molecular flexibility index (Phi) is 3.81. The van der Waals surface area contributed by atoms with Gasteiger partial charge in [-0.3, -0.25) is 0 Å². The third kappa shape index (κ3) is 2.90. The molecule has 1 aliphatic carbocycles. The number of hydrogen-bond donors (Lipinski definition) is 1. The van der Waals surface area contributed by atoms with E-state index in [0.29, 0.717) is 0 Å². The minimum absolute atomic E-state index is 0.749. The molecule has 1 aromatic heterocycles. The average molecular weight is 268 g/mol. The fraction of sp³-hybridized carbons (Fsp3) is 0.375. The lowest BCUT2D eigenvalue weighted by molar-refractivity contribution is 0.504. The second-order valence-electron chi connectivity index (χ2n) is 5.38. The highest BCUT2D eigenvalue weighted by Gasteiger charge is 2.10. The minimum Gasteiger partial charge on any atom is -0.385 e. The molecule has 2 aromatic rings. The number of aromatic nitrogens is 3. The Labute approximate surface area is 119 Å². The van der Waals surface area contributed by atoms with Crippen molar-refractivity contribution in [3.8, 4) is 11.4 Å². The first-order valence-corrected chi connectivity index (χ1v) is 7.16. The van der Waals surface area contributed by atoms with Crippen molar-refractivity contribution < 1.29 is 0 Å². The van der Waals surface area contributed by atoms with Crippen molar-refractivity contribution in [3.63, 3.8) is 0 Å². The predicted molar refractivity (Wildman–Crippen MR) is 81.4 cm³/mol. The van der Waals surface area contributed by atoms with Gasteiger partial charge in [0.1, 0.15) is 6.33 Å². The number of anilines is 1. The largest absolute Gasteiger partial charge is 0.385 e. The summed E-state index contributed by atoms with van der Waals surface area (Å²) in [5.41, 5.74) is 2.25. The van der Waals surface area contributed by atoms with Gasteiger partial charge in [-0.1, -0.05) is 24.3 Å². The molecule has 0 fully saturated rings. The van der Waals surface area contributed by atoms with Crippen molar-refractivity contribution >= 4 is 5.69 Å². The Hall–Kier alpha value is -2.10. The van der Waals surface area contributed by atoms with Gasteiger partial charge in [0.05, 0.1) is 0 Å². The predicted octanol–water partition coefficient (Wildman–Crippen LogP) is 3.25. The normalized spacial score (nSPS) is 18.1. The van der Waals surface area contributed by atoms with Gasteiger partial charge >= 0.3 is 0 Å². The molecule has 0 aliphatic heterocycles. The summed E-state index contributed by atoms with van der Waals surface area (Å²) >= 11 is 0. The quantitative estimate of drug-likeness (QED) is 0.866. The van der Waals surface area contributed by atoms with E-state index in [1.54, 1.807) is 6.33 Å². The minimum atomic E-state index is 0.749. The standard InChI is InChI=1S/C16H20N4/c1-20-12-18-19-16(20)14-8-5-9-15(10-14)17-11-13-6-3-2-4-7-13/h2-3,5,8-10,12-13,17H,4,6-7,11H2,1H3. The molecule has 4 nitrogen and oxygen atoms in total. The van der Waals surface area contributed by atoms with E-state index in [4.69, 9.17) is 0 Å². The fourth-order valence-electron chi connectivity index (χ4n) is 2.62. The summed E-state index contributed by atoms with van der Waals surface area (Å²) in [5.74, 6) is 1.65. The molecule has 1 aromatic carbocycles. The second-order valence-corrected chi connectivity index (χ2v) is 5.38. The van der Waals surface area contributed by atoms with Gasteiger partial charge in [0.2, 0.25) is 0 Å². The van der Waals surface area contributed by atoms with Gasteiger partial charge in [0, 0.05) is 24.8 Å². The molecule has 1 aliphatic rings. The van der Waals surface area contributed by atoms with E-state index < -0.39 is 0 Å². The second kappa shape index (κ2) is 5.90. The van der Waals surface area contributed by atoms with Gasteiger partial charge in [-0.05, 0) is 37.3 Å². The van der Waals surface area contributed by atoms with Crippen LogP contribution in [0.4, 0.5) is 5.69 Å². The highest BCUT2D eigenvalue weighted by atomic mass is 15.2. The number of rotatable bonds is 4. The summed E-state index contributed by atoms with van der Waals surface area (Å²) in [6.45, 7) is 1.03. The number of aryl methyl sites for hydroxylation is 1. The lowest BCUT2D eigenvalue weighted by atomic mass is 9.94. The molecular formula is C16H20N4. The van der Waals surface area contributed by atoms with Crippen LogP contribution in [0.15, 0.2) is 42.7 Å². The Morgan fingerprint density at radius 3 is 3.05 bits per heavy atom. The molecule has 1 N–H and O–H groups in total. The number of benzene rings is 1. The van der Waals surface area contributed by atoms with E-state index in [1.165, 1.54) is 19.3 Å². The summed E-state index contributed by atoms with van der Waals surface area (Å²) in [5, 5.41) is 11.6. The first-order chi connectivity index (χ1) is 9.83. The molecular weight excluding hydrogens is 248 g/mol. The monoisotopic (exact) mass is 268 g/mol. The molecule has 0 amide bonds. The zero-order valence-corrected chi connectivity index (χ0v) is 11.8. The number of allylic oxidation sites excluding steroid dienone is 2. The van der Waals surface area contributed by atoms with Crippen molar-refractivity contribution in [1.82, 2.24) is 14.8 Å². The van der Waals surface area contributed by atoms with Gasteiger partial charge < -0.3 is 9.88 Å². The van der Waals surface area contributed by atoms with Crippen LogP contribution in [0.5, 0.6) is 0 Å². The van der Waals surface area contributed by atoms with Crippen LogP contribution < -0.4 is 5.32 Å². The topological polar surface area (TPSA) is 42.7 Å². The van der Waals surface area contributed by atoms with Crippen LogP contribution in [-0.4, -0.2) is 21.3 Å². The maximum Gasteiger partial charge on any atom is 0.163 e. The third-order valence-electron chi connectivity index (χ3n) is 3.80. The molecule has 1 heterocycles. The summed E-state index contributed by atoms with van der Waals surface area (Å²) in [4.78, 5) is 0. The summed E-state index contributed by atoms with van der Waals surface area (Å²) in [7, 11) is 1.96. The van der Waals surface area contributed by atoms with Gasteiger partial charge in [-0.2, -0.15) is 0 Å². The van der Waals surface area contributed by atoms with Gasteiger partial charge in [0.15, 0.2) is 5.82 Å². The molecule has 1 unspecified atom stereocenters. The van der Waals surface area contributed by atoms with E-state index in [0.717, 1.165) is 29.5 Å². The highest BCUT2D eigenvalue weighted by molar-refractivity contribution is 5.62. The highest BCUT2D eigenvalue weighted by Crippen LogP contribution is 2.22. The zero-order chi connectivity index (χ0) is 13.8. The first kappa shape index (κ1) is 12.9. The first-order valence-electron chi connectivity index (χ1n) is 7.16. The molecule has 104 valence electrons. The van der Waals surface area contributed by atoms with Crippen LogP contribution in [-0.2, 0) is 7.05 Å². The van der Waals surface area contributed by atoms with Crippen molar-refractivity contribution in [2.24, 2.45) is 13.0 Å². The van der Waals surface area contributed by atoms with Crippen LogP contribution in [0, 0.1) is 5.92 Å². The molecule has 0 bridgehead atoms. The Balaban J connectivity index is 1.68. The number of hydrogen-bond acceptors (Lipinski definition) is 3. The van der Waals surface area contributed by atoms with E-state index >= 15 is 0 Å². The lowest BCUT2D eigenvalue weighted by Crippen LogP contribution is -2.15. The van der Waals surface area contributed by atoms with Gasteiger partial charge in [-0.15, -0.1) is 10.2 Å². The van der Waals surface area contributed by atoms with Crippen LogP contribution in [0.2, 0.25) is 0 Å². The molecule has 0 saturated heterocycles. The van der Waals surface area contributed by atoms with Crippen molar-refractivity contribution in [2.45, 2.75) is 19.3 Å². The van der Waals surface area contributed by atoms with Crippen LogP contribution in [0.3, 0.4) is 0 Å². The van der Waals surface area contributed by atoms with Gasteiger partial charge in [-0.25, -0.2) is 0 Å². The fourth-order valence-corrected chi connectivity index (χ4v) is 2.62. The van der Waals surface area contributed by atoms with Crippen LogP contribution in [0.1, 0.15) is 19.3 Å². The molecule has 4 heteroatoms. The molecule has 1 atom stereocenters. The van der Waals surface area contributed by atoms with Crippen LogP contribution in [0.25, 0.3) is 11.4 Å². The van der Waals surface area contributed by atoms with Crippen molar-refractivity contribution in [1.29, 1.82) is 0 Å². The number of nitrogens with one attached hydrogen (secondary N) is 1. The third-order valence-corrected chi connectivity index (χ3v) is 3.80. The lowest BCUT2D eigenvalue weighted by Gasteiger charge is -2.19. The van der Waals surface area contributed by atoms with Crippen molar-refractivity contribution in [2.75, 3.05) is 11.9 Å². The Morgan fingerprint density at radius 1 is 1.35 bits per heavy atom. The van der Waals surface area contributed by atoms with E-state index in [2.05, 4.69) is 51.9 Å². The molecule has 3 rings (SSSR count). The van der Waals surface area contributed by atoms with Gasteiger partial charge in [0.25, 0.3) is 0 Å². The molecule has 0 radical (unpaired) electrons. The van der Waals surface area contributed by atoms with E-state index in [1.807, 2.05) is 11.6 Å². The smallest absolute Gasteiger partial charge is 0.163 e. The maximum atomic E-state index is 4.15. The van der Waals surface area contributed by atoms with E-state index in [-0.39, 0.29) is 0 Å². The van der Waals surface area contributed by atoms with Crippen LogP contribution >= 0.6 is 0 Å².